The minimum absolute atomic E-state index is 0.0248. The summed E-state index contributed by atoms with van der Waals surface area (Å²) in [6, 6.07) is 0. The van der Waals surface area contributed by atoms with Crippen molar-refractivity contribution in [2.75, 3.05) is 0 Å². The van der Waals surface area contributed by atoms with Gasteiger partial charge in [0, 0.05) is 0 Å². The highest BCUT2D eigenvalue weighted by Crippen LogP contribution is 2.23. The largest absolute Gasteiger partial charge is 0.233 e. The molecule has 1 unspecified atom stereocenters. The van der Waals surface area contributed by atoms with Crippen LogP contribution in [0.4, 0.5) is 0 Å². The molecule has 0 aromatic rings. The lowest BCUT2D eigenvalue weighted by atomic mass is 10.0. The van der Waals surface area contributed by atoms with Crippen LogP contribution in [0, 0.1) is 0 Å². The van der Waals surface area contributed by atoms with Gasteiger partial charge in [-0.1, -0.05) is 0 Å². The molecule has 0 bridgehead atoms. The normalized spacial score (nSPS) is 15.6. The Morgan fingerprint density at radius 2 is 1.21 bits per heavy atom. The topological polar surface area (TPSA) is 36.9 Å². The monoisotopic (exact) mass is 276 g/mol. The molecule has 116 valence electrons. The summed E-state index contributed by atoms with van der Waals surface area (Å²) >= 11 is 0. The average molecular weight is 276 g/mol. The molecule has 0 radical (unpaired) electrons. The zero-order chi connectivity index (χ0) is 15.3. The van der Waals surface area contributed by atoms with E-state index in [4.69, 9.17) is 19.6 Å². The fraction of sp³-hybridized carbons (Fsp3) is 1.00. The van der Waals surface area contributed by atoms with Crippen molar-refractivity contribution in [1.82, 2.24) is 0 Å². The minimum atomic E-state index is -0.341. The minimum Gasteiger partial charge on any atom is -0.233 e. The third kappa shape index (κ3) is 12.6. The Labute approximate surface area is 118 Å². The van der Waals surface area contributed by atoms with Crippen molar-refractivity contribution < 1.29 is 19.6 Å². The highest BCUT2D eigenvalue weighted by molar-refractivity contribution is 4.69. The Balaban J connectivity index is 3.96. The van der Waals surface area contributed by atoms with E-state index in [0.29, 0.717) is 0 Å². The van der Waals surface area contributed by atoms with E-state index in [1.165, 1.54) is 0 Å². The molecule has 0 aromatic heterocycles. The summed E-state index contributed by atoms with van der Waals surface area (Å²) < 4.78 is 0. The van der Waals surface area contributed by atoms with Crippen molar-refractivity contribution in [3.05, 3.63) is 0 Å². The van der Waals surface area contributed by atoms with Gasteiger partial charge in [-0.05, 0) is 75.2 Å². The SMILES string of the molecule is CC(CCC(C)(C)OOC(C)(C)C)OOC(C)(C)C. The standard InChI is InChI=1S/C15H32O4/c1-12(16-17-13(2,3)4)10-11-15(8,9)19-18-14(5,6)7/h12H,10-11H2,1-9H3. The first-order chi connectivity index (χ1) is 8.31. The average Bonchev–Trinajstić information content (AvgIpc) is 2.19. The Bertz CT molecular complexity index is 248. The Morgan fingerprint density at radius 1 is 0.737 bits per heavy atom. The zero-order valence-corrected chi connectivity index (χ0v) is 14.1. The van der Waals surface area contributed by atoms with Crippen LogP contribution >= 0.6 is 0 Å². The van der Waals surface area contributed by atoms with Crippen molar-refractivity contribution in [1.29, 1.82) is 0 Å². The van der Waals surface area contributed by atoms with Crippen LogP contribution in [0.15, 0.2) is 0 Å². The van der Waals surface area contributed by atoms with Gasteiger partial charge >= 0.3 is 0 Å². The molecular formula is C15H32O4. The van der Waals surface area contributed by atoms with Gasteiger partial charge in [-0.3, -0.25) is 0 Å². The van der Waals surface area contributed by atoms with Gasteiger partial charge in [0.15, 0.2) is 0 Å². The predicted octanol–water partition coefficient (Wildman–Crippen LogP) is 4.43. The lowest BCUT2D eigenvalue weighted by Gasteiger charge is -2.29. The molecule has 0 rings (SSSR count). The quantitative estimate of drug-likeness (QED) is 0.509. The molecule has 0 N–H and O–H groups in total. The number of hydrogen-bond donors (Lipinski definition) is 0. The molecule has 0 spiro atoms. The summed E-state index contributed by atoms with van der Waals surface area (Å²) in [6.07, 6.45) is 1.70. The third-order valence-corrected chi connectivity index (χ3v) is 2.13. The van der Waals surface area contributed by atoms with Gasteiger partial charge in [-0.25, -0.2) is 19.6 Å². The van der Waals surface area contributed by atoms with Crippen LogP contribution in [-0.4, -0.2) is 22.9 Å². The Morgan fingerprint density at radius 3 is 1.63 bits per heavy atom. The van der Waals surface area contributed by atoms with Crippen molar-refractivity contribution in [3.8, 4) is 0 Å². The highest BCUT2D eigenvalue weighted by atomic mass is 17.2. The first-order valence-electron chi connectivity index (χ1n) is 7.02. The van der Waals surface area contributed by atoms with E-state index in [1.54, 1.807) is 0 Å². The van der Waals surface area contributed by atoms with Gasteiger partial charge in [0.2, 0.25) is 0 Å². The van der Waals surface area contributed by atoms with E-state index in [1.807, 2.05) is 62.3 Å². The van der Waals surface area contributed by atoms with Gasteiger partial charge in [-0.2, -0.15) is 0 Å². The van der Waals surface area contributed by atoms with E-state index in [9.17, 15) is 0 Å². The first kappa shape index (κ1) is 18.8. The van der Waals surface area contributed by atoms with E-state index in [-0.39, 0.29) is 22.9 Å². The molecule has 0 saturated heterocycles. The Kier molecular flexibility index (Phi) is 6.96. The molecule has 19 heavy (non-hydrogen) atoms. The highest BCUT2D eigenvalue weighted by Gasteiger charge is 2.25. The first-order valence-corrected chi connectivity index (χ1v) is 7.02. The third-order valence-electron chi connectivity index (χ3n) is 2.13. The zero-order valence-electron chi connectivity index (χ0n) is 14.1. The fourth-order valence-electron chi connectivity index (χ4n) is 1.10. The van der Waals surface area contributed by atoms with Crippen molar-refractivity contribution in [2.45, 2.75) is 98.1 Å². The second-order valence-corrected chi connectivity index (χ2v) is 7.68. The van der Waals surface area contributed by atoms with Gasteiger partial charge in [-0.15, -0.1) is 0 Å². The van der Waals surface area contributed by atoms with Crippen LogP contribution < -0.4 is 0 Å². The predicted molar refractivity (Wildman–Crippen MR) is 76.6 cm³/mol. The van der Waals surface area contributed by atoms with E-state index in [2.05, 4.69) is 0 Å². The summed E-state index contributed by atoms with van der Waals surface area (Å²) in [4.78, 5) is 21.5. The molecule has 0 aliphatic rings. The lowest BCUT2D eigenvalue weighted by molar-refractivity contribution is -0.401. The van der Waals surface area contributed by atoms with Crippen molar-refractivity contribution in [2.24, 2.45) is 0 Å². The van der Waals surface area contributed by atoms with Crippen LogP contribution in [0.1, 0.15) is 75.2 Å². The van der Waals surface area contributed by atoms with Crippen LogP contribution in [0.25, 0.3) is 0 Å². The van der Waals surface area contributed by atoms with E-state index < -0.39 is 0 Å². The maximum atomic E-state index is 5.49. The second kappa shape index (κ2) is 7.02. The summed E-state index contributed by atoms with van der Waals surface area (Å²) in [6.45, 7) is 17.8. The summed E-state index contributed by atoms with van der Waals surface area (Å²) in [7, 11) is 0. The molecule has 4 nitrogen and oxygen atoms in total. The van der Waals surface area contributed by atoms with Crippen LogP contribution in [0.5, 0.6) is 0 Å². The Hall–Kier alpha value is -0.160. The second-order valence-electron chi connectivity index (χ2n) is 7.68. The van der Waals surface area contributed by atoms with Crippen molar-refractivity contribution in [3.63, 3.8) is 0 Å². The van der Waals surface area contributed by atoms with Crippen molar-refractivity contribution >= 4 is 0 Å². The fourth-order valence-corrected chi connectivity index (χ4v) is 1.10. The molecular weight excluding hydrogens is 244 g/mol. The number of hydrogen-bond acceptors (Lipinski definition) is 4. The van der Waals surface area contributed by atoms with Crippen LogP contribution in [0.3, 0.4) is 0 Å². The summed E-state index contributed by atoms with van der Waals surface area (Å²) in [5.41, 5.74) is -0.920. The molecule has 0 aliphatic heterocycles. The molecule has 0 saturated carbocycles. The molecule has 0 aromatic carbocycles. The van der Waals surface area contributed by atoms with Gasteiger partial charge in [0.1, 0.15) is 0 Å². The molecule has 0 aliphatic carbocycles. The summed E-state index contributed by atoms with van der Waals surface area (Å²) in [5.74, 6) is 0. The van der Waals surface area contributed by atoms with Crippen LogP contribution in [-0.2, 0) is 19.6 Å². The molecule has 1 atom stereocenters. The van der Waals surface area contributed by atoms with Crippen LogP contribution in [0.2, 0.25) is 0 Å². The van der Waals surface area contributed by atoms with E-state index in [0.717, 1.165) is 12.8 Å². The van der Waals surface area contributed by atoms with Gasteiger partial charge in [0.25, 0.3) is 0 Å². The van der Waals surface area contributed by atoms with Gasteiger partial charge in [0.05, 0.1) is 22.9 Å². The molecule has 0 heterocycles. The maximum absolute atomic E-state index is 5.49. The number of rotatable bonds is 7. The van der Waals surface area contributed by atoms with Gasteiger partial charge < -0.3 is 0 Å². The molecule has 0 amide bonds. The summed E-state index contributed by atoms with van der Waals surface area (Å²) in [5, 5.41) is 0. The lowest BCUT2D eigenvalue weighted by Crippen LogP contribution is -2.32. The molecule has 0 fully saturated rings. The molecule has 4 heteroatoms. The smallest absolute Gasteiger partial charge is 0.0981 e. The van der Waals surface area contributed by atoms with E-state index >= 15 is 0 Å². The maximum Gasteiger partial charge on any atom is 0.0981 e.